The summed E-state index contributed by atoms with van der Waals surface area (Å²) in [6, 6.07) is 8.04. The van der Waals surface area contributed by atoms with Gasteiger partial charge in [0.05, 0.1) is 12.6 Å². The monoisotopic (exact) mass is 403 g/mol. The lowest BCUT2D eigenvalue weighted by Crippen LogP contribution is -2.44. The van der Waals surface area contributed by atoms with Gasteiger partial charge in [-0.25, -0.2) is 0 Å². The van der Waals surface area contributed by atoms with E-state index < -0.39 is 0 Å². The van der Waals surface area contributed by atoms with Gasteiger partial charge < -0.3 is 24.7 Å². The van der Waals surface area contributed by atoms with Crippen LogP contribution < -0.4 is 10.9 Å². The highest BCUT2D eigenvalue weighted by molar-refractivity contribution is 7.80. The second-order valence-corrected chi connectivity index (χ2v) is 7.69. The number of methoxy groups -OCH3 is 1. The molecule has 1 aliphatic heterocycles. The number of aromatic nitrogens is 1. The lowest BCUT2D eigenvalue weighted by Gasteiger charge is -2.28. The molecule has 152 valence electrons. The number of rotatable bonds is 8. The molecule has 0 saturated carbocycles. The second kappa shape index (κ2) is 10.0. The van der Waals surface area contributed by atoms with Gasteiger partial charge in [-0.3, -0.25) is 4.79 Å². The summed E-state index contributed by atoms with van der Waals surface area (Å²) < 4.78 is 10.9. The minimum absolute atomic E-state index is 0.0716. The molecule has 1 atom stereocenters. The summed E-state index contributed by atoms with van der Waals surface area (Å²) in [5, 5.41) is 4.96. The first-order chi connectivity index (χ1) is 13.6. The fraction of sp³-hybridized carbons (Fsp3) is 0.524. The van der Waals surface area contributed by atoms with Crippen LogP contribution in [0, 0.1) is 6.92 Å². The van der Waals surface area contributed by atoms with Gasteiger partial charge in [0.1, 0.15) is 0 Å². The Morgan fingerprint density at radius 3 is 3.04 bits per heavy atom. The van der Waals surface area contributed by atoms with Crippen molar-refractivity contribution < 1.29 is 9.47 Å². The zero-order valence-electron chi connectivity index (χ0n) is 16.6. The second-order valence-electron chi connectivity index (χ2n) is 7.31. The van der Waals surface area contributed by atoms with Crippen molar-refractivity contribution in [2.24, 2.45) is 0 Å². The van der Waals surface area contributed by atoms with Crippen LogP contribution in [-0.4, -0.2) is 54.5 Å². The van der Waals surface area contributed by atoms with Crippen molar-refractivity contribution in [3.8, 4) is 0 Å². The van der Waals surface area contributed by atoms with Crippen molar-refractivity contribution in [2.45, 2.75) is 38.8 Å². The number of hydrogen-bond donors (Lipinski definition) is 2. The molecule has 0 bridgehead atoms. The number of H-pyrrole nitrogens is 1. The number of ether oxygens (including phenoxy) is 2. The highest BCUT2D eigenvalue weighted by Crippen LogP contribution is 2.17. The Kier molecular flexibility index (Phi) is 7.42. The van der Waals surface area contributed by atoms with E-state index in [0.717, 1.165) is 48.9 Å². The molecule has 2 heterocycles. The third kappa shape index (κ3) is 5.53. The summed E-state index contributed by atoms with van der Waals surface area (Å²) in [6.07, 6.45) is 3.12. The van der Waals surface area contributed by atoms with Gasteiger partial charge in [0.2, 0.25) is 0 Å². The molecule has 1 aromatic heterocycles. The molecule has 7 heteroatoms. The molecule has 1 fully saturated rings. The SMILES string of the molecule is COCCCNC(=S)N(Cc1cc2ccc(C)cc2[nH]c1=O)C[C@H]1CCCO1. The Balaban J connectivity index is 1.76. The predicted octanol–water partition coefficient (Wildman–Crippen LogP) is 2.73. The van der Waals surface area contributed by atoms with Crippen molar-refractivity contribution >= 4 is 28.2 Å². The minimum atomic E-state index is -0.0716. The average molecular weight is 404 g/mol. The third-order valence-electron chi connectivity index (χ3n) is 4.98. The minimum Gasteiger partial charge on any atom is -0.385 e. The van der Waals surface area contributed by atoms with Crippen molar-refractivity contribution in [1.82, 2.24) is 15.2 Å². The van der Waals surface area contributed by atoms with Crippen LogP contribution in [0.5, 0.6) is 0 Å². The molecular formula is C21H29N3O3S. The summed E-state index contributed by atoms with van der Waals surface area (Å²) in [5.74, 6) is 0. The Hall–Kier alpha value is -1.96. The molecule has 0 spiro atoms. The highest BCUT2D eigenvalue weighted by Gasteiger charge is 2.22. The van der Waals surface area contributed by atoms with E-state index in [2.05, 4.69) is 16.4 Å². The average Bonchev–Trinajstić information content (AvgIpc) is 3.18. The van der Waals surface area contributed by atoms with Crippen molar-refractivity contribution in [3.05, 3.63) is 45.7 Å². The molecule has 28 heavy (non-hydrogen) atoms. The van der Waals surface area contributed by atoms with Gasteiger partial charge in [0.25, 0.3) is 5.56 Å². The normalized spacial score (nSPS) is 16.4. The number of aromatic amines is 1. The zero-order valence-corrected chi connectivity index (χ0v) is 17.4. The van der Waals surface area contributed by atoms with Gasteiger partial charge in [-0.2, -0.15) is 0 Å². The maximum atomic E-state index is 12.6. The topological polar surface area (TPSA) is 66.6 Å². The van der Waals surface area contributed by atoms with Crippen LogP contribution in [0.1, 0.15) is 30.4 Å². The first-order valence-corrected chi connectivity index (χ1v) is 10.2. The van der Waals surface area contributed by atoms with E-state index in [-0.39, 0.29) is 11.7 Å². The maximum Gasteiger partial charge on any atom is 0.253 e. The van der Waals surface area contributed by atoms with Gasteiger partial charge in [-0.1, -0.05) is 12.1 Å². The van der Waals surface area contributed by atoms with Crippen molar-refractivity contribution in [3.63, 3.8) is 0 Å². The number of benzene rings is 1. The van der Waals surface area contributed by atoms with Crippen LogP contribution in [0.15, 0.2) is 29.1 Å². The first-order valence-electron chi connectivity index (χ1n) is 9.82. The molecule has 2 N–H and O–H groups in total. The van der Waals surface area contributed by atoms with Gasteiger partial charge >= 0.3 is 0 Å². The van der Waals surface area contributed by atoms with Crippen LogP contribution in [-0.2, 0) is 16.0 Å². The Morgan fingerprint density at radius 2 is 2.29 bits per heavy atom. The number of hydrogen-bond acceptors (Lipinski definition) is 4. The van der Waals surface area contributed by atoms with E-state index in [4.69, 9.17) is 21.7 Å². The van der Waals surface area contributed by atoms with Crippen LogP contribution >= 0.6 is 12.2 Å². The molecule has 6 nitrogen and oxygen atoms in total. The van der Waals surface area contributed by atoms with Crippen molar-refractivity contribution in [2.75, 3.05) is 33.4 Å². The molecule has 1 aliphatic rings. The number of thiocarbonyl (C=S) groups is 1. The fourth-order valence-electron chi connectivity index (χ4n) is 3.46. The predicted molar refractivity (Wildman–Crippen MR) is 116 cm³/mol. The molecule has 3 rings (SSSR count). The lowest BCUT2D eigenvalue weighted by atomic mass is 10.1. The summed E-state index contributed by atoms with van der Waals surface area (Å²) >= 11 is 5.62. The van der Waals surface area contributed by atoms with E-state index >= 15 is 0 Å². The number of pyridine rings is 1. The van der Waals surface area contributed by atoms with Crippen LogP contribution in [0.4, 0.5) is 0 Å². The summed E-state index contributed by atoms with van der Waals surface area (Å²) in [5.41, 5.74) is 2.62. The number of aryl methyl sites for hydroxylation is 1. The first kappa shape index (κ1) is 20.8. The summed E-state index contributed by atoms with van der Waals surface area (Å²) in [7, 11) is 1.69. The molecule has 1 aromatic carbocycles. The smallest absolute Gasteiger partial charge is 0.253 e. The number of nitrogens with one attached hydrogen (secondary N) is 2. The van der Waals surface area contributed by atoms with Gasteiger partial charge in [0, 0.05) is 44.5 Å². The molecule has 1 saturated heterocycles. The molecule has 0 amide bonds. The van der Waals surface area contributed by atoms with E-state index in [1.807, 2.05) is 30.0 Å². The van der Waals surface area contributed by atoms with E-state index in [0.29, 0.717) is 30.4 Å². The largest absolute Gasteiger partial charge is 0.385 e. The number of fused-ring (bicyclic) bond motifs is 1. The summed E-state index contributed by atoms with van der Waals surface area (Å²) in [6.45, 7) is 5.37. The molecule has 0 radical (unpaired) electrons. The fourth-order valence-corrected chi connectivity index (χ4v) is 3.70. The molecule has 0 aliphatic carbocycles. The van der Waals surface area contributed by atoms with Gasteiger partial charge in [0.15, 0.2) is 5.11 Å². The maximum absolute atomic E-state index is 12.6. The van der Waals surface area contributed by atoms with Crippen molar-refractivity contribution in [1.29, 1.82) is 0 Å². The van der Waals surface area contributed by atoms with E-state index in [1.54, 1.807) is 7.11 Å². The third-order valence-corrected chi connectivity index (χ3v) is 5.38. The zero-order chi connectivity index (χ0) is 19.9. The Morgan fingerprint density at radius 1 is 1.43 bits per heavy atom. The van der Waals surface area contributed by atoms with Crippen LogP contribution in [0.2, 0.25) is 0 Å². The molecular weight excluding hydrogens is 374 g/mol. The Bertz CT molecular complexity index is 862. The Labute approximate surface area is 171 Å². The summed E-state index contributed by atoms with van der Waals surface area (Å²) in [4.78, 5) is 17.7. The lowest BCUT2D eigenvalue weighted by molar-refractivity contribution is 0.0896. The quantitative estimate of drug-likeness (QED) is 0.522. The number of nitrogens with zero attached hydrogens (tertiary/aromatic N) is 1. The molecule has 2 aromatic rings. The van der Waals surface area contributed by atoms with Crippen LogP contribution in [0.25, 0.3) is 10.9 Å². The van der Waals surface area contributed by atoms with E-state index in [1.165, 1.54) is 0 Å². The van der Waals surface area contributed by atoms with Gasteiger partial charge in [-0.05, 0) is 61.5 Å². The highest BCUT2D eigenvalue weighted by atomic mass is 32.1. The standard InChI is InChI=1S/C21H29N3O3S/c1-15-6-7-16-12-17(20(25)23-19(16)11-15)13-24(14-18-5-3-10-27-18)21(28)22-8-4-9-26-2/h6-7,11-12,18H,3-5,8-10,13-14H2,1-2H3,(H,22,28)(H,23,25)/t18-/m1/s1. The van der Waals surface area contributed by atoms with E-state index in [9.17, 15) is 4.79 Å². The van der Waals surface area contributed by atoms with Crippen LogP contribution in [0.3, 0.4) is 0 Å². The molecule has 0 unspecified atom stereocenters. The van der Waals surface area contributed by atoms with Gasteiger partial charge in [-0.15, -0.1) is 0 Å².